The van der Waals surface area contributed by atoms with Crippen LogP contribution in [0, 0.1) is 11.3 Å². The maximum absolute atomic E-state index is 12.4. The van der Waals surface area contributed by atoms with E-state index in [0.29, 0.717) is 31.7 Å². The zero-order valence-electron chi connectivity index (χ0n) is 15.7. The van der Waals surface area contributed by atoms with Gasteiger partial charge in [-0.25, -0.2) is 9.78 Å². The van der Waals surface area contributed by atoms with E-state index in [0.717, 1.165) is 5.82 Å². The molecule has 1 fully saturated rings. The minimum atomic E-state index is -0.589. The number of anilines is 1. The molecular formula is C18H25N5O3. The number of carbonyl (C=O) groups excluding carboxylic acids is 2. The summed E-state index contributed by atoms with van der Waals surface area (Å²) in [5.74, 6) is 0.688. The van der Waals surface area contributed by atoms with Crippen LogP contribution >= 0.6 is 0 Å². The number of ether oxygens (including phenoxy) is 1. The third-order valence-electron chi connectivity index (χ3n) is 3.91. The molecule has 0 saturated carbocycles. The van der Waals surface area contributed by atoms with Crippen LogP contribution in [0.15, 0.2) is 18.3 Å². The summed E-state index contributed by atoms with van der Waals surface area (Å²) in [6.45, 7) is 7.78. The molecule has 0 radical (unpaired) electrons. The molecule has 1 aromatic heterocycles. The molecule has 2 heterocycles. The molecule has 2 amide bonds. The molecule has 0 N–H and O–H groups in total. The van der Waals surface area contributed by atoms with E-state index in [1.807, 2.05) is 12.1 Å². The second-order valence-corrected chi connectivity index (χ2v) is 7.22. The van der Waals surface area contributed by atoms with Gasteiger partial charge in [-0.3, -0.25) is 4.79 Å². The summed E-state index contributed by atoms with van der Waals surface area (Å²) < 4.78 is 5.26. The summed E-state index contributed by atoms with van der Waals surface area (Å²) >= 11 is 0. The monoisotopic (exact) mass is 359 g/mol. The van der Waals surface area contributed by atoms with E-state index in [1.54, 1.807) is 45.0 Å². The number of hydrogen-bond acceptors (Lipinski definition) is 6. The average molecular weight is 359 g/mol. The van der Waals surface area contributed by atoms with Crippen LogP contribution in [-0.4, -0.2) is 72.2 Å². The van der Waals surface area contributed by atoms with Crippen molar-refractivity contribution in [3.8, 4) is 6.07 Å². The molecule has 0 spiro atoms. The van der Waals surface area contributed by atoms with Gasteiger partial charge in [0.15, 0.2) is 0 Å². The Morgan fingerprint density at radius 1 is 1.27 bits per heavy atom. The van der Waals surface area contributed by atoms with E-state index < -0.39 is 11.7 Å². The van der Waals surface area contributed by atoms with Crippen molar-refractivity contribution in [2.24, 2.45) is 0 Å². The van der Waals surface area contributed by atoms with Crippen molar-refractivity contribution >= 4 is 17.8 Å². The second kappa shape index (κ2) is 8.04. The molecule has 0 aliphatic carbocycles. The highest BCUT2D eigenvalue weighted by Crippen LogP contribution is 2.14. The number of nitriles is 1. The van der Waals surface area contributed by atoms with Gasteiger partial charge in [0.25, 0.3) is 0 Å². The van der Waals surface area contributed by atoms with Crippen LogP contribution in [0.5, 0.6) is 0 Å². The molecule has 2 rings (SSSR count). The van der Waals surface area contributed by atoms with E-state index in [4.69, 9.17) is 10.00 Å². The van der Waals surface area contributed by atoms with E-state index >= 15 is 0 Å². The number of carbonyl (C=O) groups is 2. The lowest BCUT2D eigenvalue weighted by Crippen LogP contribution is -2.51. The molecule has 0 atom stereocenters. The summed E-state index contributed by atoms with van der Waals surface area (Å²) in [7, 11) is 1.56. The van der Waals surface area contributed by atoms with Crippen LogP contribution in [0.2, 0.25) is 0 Å². The number of piperazine rings is 1. The third kappa shape index (κ3) is 5.34. The molecule has 0 bridgehead atoms. The summed E-state index contributed by atoms with van der Waals surface area (Å²) in [5, 5.41) is 8.82. The standard InChI is InChI=1S/C18H25N5O3/c1-18(2,3)26-17(25)21(4)13-16(24)23-9-7-22(8-10-23)15-6-5-14(11-19)12-20-15/h5-6,12H,7-10,13H2,1-4H3. The second-order valence-electron chi connectivity index (χ2n) is 7.22. The Labute approximate surface area is 153 Å². The Morgan fingerprint density at radius 3 is 2.42 bits per heavy atom. The van der Waals surface area contributed by atoms with E-state index in [9.17, 15) is 9.59 Å². The highest BCUT2D eigenvalue weighted by atomic mass is 16.6. The molecule has 1 aliphatic heterocycles. The number of nitrogens with zero attached hydrogens (tertiary/aromatic N) is 5. The lowest BCUT2D eigenvalue weighted by molar-refractivity contribution is -0.132. The first-order chi connectivity index (χ1) is 12.2. The van der Waals surface area contributed by atoms with Crippen molar-refractivity contribution in [1.29, 1.82) is 5.26 Å². The number of pyridine rings is 1. The Morgan fingerprint density at radius 2 is 1.92 bits per heavy atom. The van der Waals surface area contributed by atoms with Crippen LogP contribution in [-0.2, 0) is 9.53 Å². The minimum Gasteiger partial charge on any atom is -0.444 e. The van der Waals surface area contributed by atoms with Gasteiger partial charge in [0.05, 0.1) is 5.56 Å². The van der Waals surface area contributed by atoms with Gasteiger partial charge in [-0.1, -0.05) is 0 Å². The zero-order valence-corrected chi connectivity index (χ0v) is 15.7. The Kier molecular flexibility index (Phi) is 6.03. The van der Waals surface area contributed by atoms with Gasteiger partial charge in [0.2, 0.25) is 5.91 Å². The summed E-state index contributed by atoms with van der Waals surface area (Å²) in [6, 6.07) is 5.59. The minimum absolute atomic E-state index is 0.00989. The molecule has 0 aromatic carbocycles. The number of aromatic nitrogens is 1. The third-order valence-corrected chi connectivity index (χ3v) is 3.91. The van der Waals surface area contributed by atoms with Crippen LogP contribution in [0.25, 0.3) is 0 Å². The number of amides is 2. The first kappa shape index (κ1) is 19.5. The molecule has 8 nitrogen and oxygen atoms in total. The van der Waals surface area contributed by atoms with E-state index in [1.165, 1.54) is 4.90 Å². The van der Waals surface area contributed by atoms with Crippen molar-refractivity contribution in [1.82, 2.24) is 14.8 Å². The molecule has 1 aromatic rings. The lowest BCUT2D eigenvalue weighted by Gasteiger charge is -2.36. The van der Waals surface area contributed by atoms with Crippen molar-refractivity contribution in [3.63, 3.8) is 0 Å². The largest absolute Gasteiger partial charge is 0.444 e. The summed E-state index contributed by atoms with van der Waals surface area (Å²) in [6.07, 6.45) is 1.04. The Bertz CT molecular complexity index is 682. The topological polar surface area (TPSA) is 89.8 Å². The van der Waals surface area contributed by atoms with Crippen molar-refractivity contribution in [3.05, 3.63) is 23.9 Å². The number of hydrogen-bond donors (Lipinski definition) is 0. The van der Waals surface area contributed by atoms with Crippen LogP contribution in [0.4, 0.5) is 10.6 Å². The lowest BCUT2D eigenvalue weighted by atomic mass is 10.2. The fourth-order valence-electron chi connectivity index (χ4n) is 2.53. The van der Waals surface area contributed by atoms with E-state index in [2.05, 4.69) is 9.88 Å². The van der Waals surface area contributed by atoms with Gasteiger partial charge in [0.1, 0.15) is 24.0 Å². The van der Waals surface area contributed by atoms with Crippen LogP contribution in [0.1, 0.15) is 26.3 Å². The number of rotatable bonds is 3. The molecule has 26 heavy (non-hydrogen) atoms. The predicted molar refractivity (Wildman–Crippen MR) is 96.6 cm³/mol. The maximum Gasteiger partial charge on any atom is 0.410 e. The quantitative estimate of drug-likeness (QED) is 0.812. The first-order valence-corrected chi connectivity index (χ1v) is 8.52. The fourth-order valence-corrected chi connectivity index (χ4v) is 2.53. The molecule has 0 unspecified atom stereocenters. The molecule has 140 valence electrons. The van der Waals surface area contributed by atoms with Gasteiger partial charge in [0, 0.05) is 39.4 Å². The maximum atomic E-state index is 12.4. The molecular weight excluding hydrogens is 334 g/mol. The smallest absolute Gasteiger partial charge is 0.410 e. The van der Waals surface area contributed by atoms with Crippen LogP contribution < -0.4 is 4.90 Å². The summed E-state index contributed by atoms with van der Waals surface area (Å²) in [5.41, 5.74) is -0.0681. The van der Waals surface area contributed by atoms with Crippen molar-refractivity contribution in [2.45, 2.75) is 26.4 Å². The van der Waals surface area contributed by atoms with Gasteiger partial charge >= 0.3 is 6.09 Å². The Balaban J connectivity index is 1.84. The average Bonchev–Trinajstić information content (AvgIpc) is 2.60. The van der Waals surface area contributed by atoms with Gasteiger partial charge in [-0.2, -0.15) is 5.26 Å². The molecule has 1 saturated heterocycles. The van der Waals surface area contributed by atoms with Crippen molar-refractivity contribution in [2.75, 3.05) is 44.7 Å². The SMILES string of the molecule is CN(CC(=O)N1CCN(c2ccc(C#N)cn2)CC1)C(=O)OC(C)(C)C. The van der Waals surface area contributed by atoms with Crippen LogP contribution in [0.3, 0.4) is 0 Å². The summed E-state index contributed by atoms with van der Waals surface area (Å²) in [4.78, 5) is 33.8. The first-order valence-electron chi connectivity index (χ1n) is 8.52. The predicted octanol–water partition coefficient (Wildman–Crippen LogP) is 1.47. The van der Waals surface area contributed by atoms with Gasteiger partial charge in [-0.05, 0) is 32.9 Å². The highest BCUT2D eigenvalue weighted by molar-refractivity contribution is 5.82. The van der Waals surface area contributed by atoms with Gasteiger partial charge in [-0.15, -0.1) is 0 Å². The number of likely N-dealkylation sites (N-methyl/N-ethyl adjacent to an activating group) is 1. The molecule has 1 aliphatic rings. The van der Waals surface area contributed by atoms with Crippen molar-refractivity contribution < 1.29 is 14.3 Å². The normalized spacial score (nSPS) is 14.6. The molecule has 8 heteroatoms. The highest BCUT2D eigenvalue weighted by Gasteiger charge is 2.26. The van der Waals surface area contributed by atoms with E-state index in [-0.39, 0.29) is 12.5 Å². The van der Waals surface area contributed by atoms with Gasteiger partial charge < -0.3 is 19.4 Å². The Hall–Kier alpha value is -2.82. The fraction of sp³-hybridized carbons (Fsp3) is 0.556. The zero-order chi connectivity index (χ0) is 19.3.